The zero-order valence-corrected chi connectivity index (χ0v) is 11.3. The Kier molecular flexibility index (Phi) is 3.35. The van der Waals surface area contributed by atoms with E-state index >= 15 is 0 Å². The van der Waals surface area contributed by atoms with E-state index in [-0.39, 0.29) is 12.5 Å². The molecule has 108 valence electrons. The van der Waals surface area contributed by atoms with Gasteiger partial charge in [-0.1, -0.05) is 6.07 Å². The summed E-state index contributed by atoms with van der Waals surface area (Å²) in [6.07, 6.45) is 0. The van der Waals surface area contributed by atoms with E-state index in [1.165, 1.54) is 12.1 Å². The quantitative estimate of drug-likeness (QED) is 0.889. The van der Waals surface area contributed by atoms with Crippen LogP contribution in [0.1, 0.15) is 5.56 Å². The second-order valence-corrected chi connectivity index (χ2v) is 4.63. The average molecular weight is 288 g/mol. The van der Waals surface area contributed by atoms with E-state index in [2.05, 4.69) is 10.6 Å². The van der Waals surface area contributed by atoms with Gasteiger partial charge in [-0.25, -0.2) is 9.18 Å². The van der Waals surface area contributed by atoms with Crippen LogP contribution in [0.5, 0.6) is 11.5 Å². The van der Waals surface area contributed by atoms with E-state index in [9.17, 15) is 9.18 Å². The normalized spacial score (nSPS) is 12.1. The van der Waals surface area contributed by atoms with Crippen molar-refractivity contribution in [3.8, 4) is 11.5 Å². The minimum absolute atomic E-state index is 0.124. The number of fused-ring (bicyclic) bond motifs is 1. The Morgan fingerprint density at radius 1 is 1.10 bits per heavy atom. The molecule has 6 heteroatoms. The highest BCUT2D eigenvalue weighted by molar-refractivity contribution is 6.00. The number of amides is 2. The molecule has 1 aliphatic rings. The molecule has 0 unspecified atom stereocenters. The van der Waals surface area contributed by atoms with Crippen LogP contribution in [-0.4, -0.2) is 12.8 Å². The van der Waals surface area contributed by atoms with Gasteiger partial charge in [0.2, 0.25) is 6.79 Å². The molecule has 0 saturated heterocycles. The molecular weight excluding hydrogens is 275 g/mol. The third kappa shape index (κ3) is 2.89. The predicted molar refractivity (Wildman–Crippen MR) is 76.3 cm³/mol. The summed E-state index contributed by atoms with van der Waals surface area (Å²) in [5.41, 5.74) is 1.44. The van der Waals surface area contributed by atoms with E-state index in [0.29, 0.717) is 17.2 Å². The van der Waals surface area contributed by atoms with Crippen molar-refractivity contribution in [2.75, 3.05) is 17.4 Å². The van der Waals surface area contributed by atoms with Crippen molar-refractivity contribution in [1.29, 1.82) is 0 Å². The van der Waals surface area contributed by atoms with Gasteiger partial charge in [0.15, 0.2) is 11.5 Å². The molecule has 2 N–H and O–H groups in total. The molecule has 0 spiro atoms. The number of anilines is 2. The minimum atomic E-state index is -0.531. The standard InChI is InChI=1S/C15H13FN2O3/c1-9-2-4-12(11(16)6-9)18-15(19)17-10-3-5-13-14(7-10)21-8-20-13/h2-7H,8H2,1H3,(H2,17,18,19). The van der Waals surface area contributed by atoms with Gasteiger partial charge in [-0.2, -0.15) is 0 Å². The third-order valence-electron chi connectivity index (χ3n) is 3.00. The van der Waals surface area contributed by atoms with Crippen LogP contribution in [0, 0.1) is 12.7 Å². The van der Waals surface area contributed by atoms with Crippen LogP contribution in [0.15, 0.2) is 36.4 Å². The number of ether oxygens (including phenoxy) is 2. The van der Waals surface area contributed by atoms with Crippen LogP contribution >= 0.6 is 0 Å². The Morgan fingerprint density at radius 2 is 1.90 bits per heavy atom. The second kappa shape index (κ2) is 5.32. The van der Waals surface area contributed by atoms with E-state index in [0.717, 1.165) is 5.56 Å². The summed E-state index contributed by atoms with van der Waals surface area (Å²) in [5.74, 6) is 0.718. The van der Waals surface area contributed by atoms with Crippen molar-refractivity contribution < 1.29 is 18.7 Å². The molecule has 2 aromatic rings. The first-order valence-corrected chi connectivity index (χ1v) is 6.35. The number of carbonyl (C=O) groups excluding carboxylic acids is 1. The van der Waals surface area contributed by atoms with Crippen molar-refractivity contribution in [2.45, 2.75) is 6.92 Å². The highest BCUT2D eigenvalue weighted by atomic mass is 19.1. The number of halogens is 1. The Hall–Kier alpha value is -2.76. The lowest BCUT2D eigenvalue weighted by atomic mass is 10.2. The number of hydrogen-bond donors (Lipinski definition) is 2. The molecule has 21 heavy (non-hydrogen) atoms. The fourth-order valence-corrected chi connectivity index (χ4v) is 1.98. The molecule has 0 aromatic heterocycles. The van der Waals surface area contributed by atoms with Crippen LogP contribution in [0.3, 0.4) is 0 Å². The van der Waals surface area contributed by atoms with E-state index in [1.807, 2.05) is 0 Å². The number of rotatable bonds is 2. The smallest absolute Gasteiger partial charge is 0.323 e. The van der Waals surface area contributed by atoms with E-state index in [4.69, 9.17) is 9.47 Å². The highest BCUT2D eigenvalue weighted by Crippen LogP contribution is 2.34. The summed E-state index contributed by atoms with van der Waals surface area (Å²) in [6.45, 7) is 1.94. The molecule has 1 heterocycles. The number of hydrogen-bond acceptors (Lipinski definition) is 3. The van der Waals surface area contributed by atoms with Gasteiger partial charge in [-0.3, -0.25) is 0 Å². The number of benzene rings is 2. The maximum Gasteiger partial charge on any atom is 0.323 e. The molecule has 2 aromatic carbocycles. The van der Waals surface area contributed by atoms with Crippen molar-refractivity contribution in [2.24, 2.45) is 0 Å². The summed E-state index contributed by atoms with van der Waals surface area (Å²) < 4.78 is 24.0. The average Bonchev–Trinajstić information content (AvgIpc) is 2.89. The van der Waals surface area contributed by atoms with Crippen molar-refractivity contribution in [3.05, 3.63) is 47.8 Å². The van der Waals surface area contributed by atoms with E-state index < -0.39 is 11.8 Å². The van der Waals surface area contributed by atoms with Crippen LogP contribution in [0.25, 0.3) is 0 Å². The van der Waals surface area contributed by atoms with Crippen molar-refractivity contribution >= 4 is 17.4 Å². The van der Waals surface area contributed by atoms with Gasteiger partial charge < -0.3 is 20.1 Å². The Balaban J connectivity index is 1.69. The molecule has 0 aliphatic carbocycles. The number of urea groups is 1. The van der Waals surface area contributed by atoms with Crippen LogP contribution in [0.4, 0.5) is 20.6 Å². The van der Waals surface area contributed by atoms with Gasteiger partial charge in [-0.15, -0.1) is 0 Å². The summed E-state index contributed by atoms with van der Waals surface area (Å²) in [6, 6.07) is 9.09. The van der Waals surface area contributed by atoms with Crippen LogP contribution in [0.2, 0.25) is 0 Å². The Bertz CT molecular complexity index is 703. The molecule has 0 bridgehead atoms. The lowest BCUT2D eigenvalue weighted by Gasteiger charge is -2.09. The summed E-state index contributed by atoms with van der Waals surface area (Å²) in [7, 11) is 0. The van der Waals surface area contributed by atoms with Gasteiger partial charge in [0.05, 0.1) is 5.69 Å². The van der Waals surface area contributed by atoms with Gasteiger partial charge in [-0.05, 0) is 36.8 Å². The van der Waals surface area contributed by atoms with Crippen molar-refractivity contribution in [3.63, 3.8) is 0 Å². The SMILES string of the molecule is Cc1ccc(NC(=O)Nc2ccc3c(c2)OCO3)c(F)c1. The molecule has 0 saturated carbocycles. The van der Waals surface area contributed by atoms with Gasteiger partial charge >= 0.3 is 6.03 Å². The zero-order valence-electron chi connectivity index (χ0n) is 11.3. The first-order valence-electron chi connectivity index (χ1n) is 6.35. The van der Waals surface area contributed by atoms with Crippen LogP contribution < -0.4 is 20.1 Å². The molecule has 0 atom stereocenters. The first kappa shape index (κ1) is 13.2. The fourth-order valence-electron chi connectivity index (χ4n) is 1.98. The minimum Gasteiger partial charge on any atom is -0.454 e. The molecule has 5 nitrogen and oxygen atoms in total. The molecule has 2 amide bonds. The van der Waals surface area contributed by atoms with Gasteiger partial charge in [0.1, 0.15) is 5.82 Å². The largest absolute Gasteiger partial charge is 0.454 e. The van der Waals surface area contributed by atoms with Gasteiger partial charge in [0, 0.05) is 11.8 Å². The highest BCUT2D eigenvalue weighted by Gasteiger charge is 2.14. The fraction of sp³-hybridized carbons (Fsp3) is 0.133. The topological polar surface area (TPSA) is 59.6 Å². The molecule has 1 aliphatic heterocycles. The third-order valence-corrected chi connectivity index (χ3v) is 3.00. The van der Waals surface area contributed by atoms with Gasteiger partial charge in [0.25, 0.3) is 0 Å². The Morgan fingerprint density at radius 3 is 2.71 bits per heavy atom. The second-order valence-electron chi connectivity index (χ2n) is 4.63. The molecule has 3 rings (SSSR count). The lowest BCUT2D eigenvalue weighted by Crippen LogP contribution is -2.20. The maximum absolute atomic E-state index is 13.7. The van der Waals surface area contributed by atoms with Crippen molar-refractivity contribution in [1.82, 2.24) is 0 Å². The number of nitrogens with one attached hydrogen (secondary N) is 2. The first-order chi connectivity index (χ1) is 10.1. The lowest BCUT2D eigenvalue weighted by molar-refractivity contribution is 0.174. The predicted octanol–water partition coefficient (Wildman–Crippen LogP) is 3.51. The summed E-state index contributed by atoms with van der Waals surface area (Å²) in [4.78, 5) is 11.9. The monoisotopic (exact) mass is 288 g/mol. The summed E-state index contributed by atoms with van der Waals surface area (Å²) >= 11 is 0. The van der Waals surface area contributed by atoms with Crippen LogP contribution in [-0.2, 0) is 0 Å². The molecule has 0 radical (unpaired) electrons. The number of aryl methyl sites for hydroxylation is 1. The number of carbonyl (C=O) groups is 1. The van der Waals surface area contributed by atoms with E-state index in [1.54, 1.807) is 31.2 Å². The Labute approximate surface area is 120 Å². The maximum atomic E-state index is 13.7. The molecular formula is C15H13FN2O3. The molecule has 0 fully saturated rings. The summed E-state index contributed by atoms with van der Waals surface area (Å²) in [5, 5.41) is 5.07. The zero-order chi connectivity index (χ0) is 14.8.